The van der Waals surface area contributed by atoms with Crippen LogP contribution in [0.15, 0.2) is 60.7 Å². The third kappa shape index (κ3) is 6.27. The summed E-state index contributed by atoms with van der Waals surface area (Å²) in [5.74, 6) is -2.02. The number of alkyl halides is 3. The number of hydrogen-bond donors (Lipinski definition) is 1. The minimum Gasteiger partial charge on any atom is -0.497 e. The van der Waals surface area contributed by atoms with E-state index >= 15 is 0 Å². The highest BCUT2D eigenvalue weighted by Crippen LogP contribution is 2.36. The molecule has 2 aromatic rings. The Morgan fingerprint density at radius 1 is 1.12 bits per heavy atom. The smallest absolute Gasteiger partial charge is 0.497 e. The summed E-state index contributed by atoms with van der Waals surface area (Å²) in [4.78, 5) is 25.4. The minimum absolute atomic E-state index is 0.214. The predicted octanol–water partition coefficient (Wildman–Crippen LogP) is 4.62. The summed E-state index contributed by atoms with van der Waals surface area (Å²) in [5.41, 5.74) is 0.472. The fraction of sp³-hybridized carbons (Fsp3) is 0.333. The summed E-state index contributed by atoms with van der Waals surface area (Å²) >= 11 is 0. The van der Waals surface area contributed by atoms with Crippen molar-refractivity contribution in [1.82, 2.24) is 5.32 Å². The summed E-state index contributed by atoms with van der Waals surface area (Å²) in [6.45, 7) is 1.93. The summed E-state index contributed by atoms with van der Waals surface area (Å²) < 4.78 is 52.5. The molecule has 0 radical (unpaired) electrons. The van der Waals surface area contributed by atoms with Crippen LogP contribution >= 0.6 is 0 Å². The number of hydrogen-bond acceptors (Lipinski definition) is 5. The average molecular weight is 463 g/mol. The van der Waals surface area contributed by atoms with Crippen LogP contribution in [0, 0.1) is 5.92 Å². The van der Waals surface area contributed by atoms with Gasteiger partial charge in [0.1, 0.15) is 11.5 Å². The molecule has 3 atom stereocenters. The van der Waals surface area contributed by atoms with E-state index < -0.39 is 35.9 Å². The molecule has 0 spiro atoms. The number of nitrogens with one attached hydrogen (secondary N) is 1. The van der Waals surface area contributed by atoms with Gasteiger partial charge >= 0.3 is 12.3 Å². The predicted molar refractivity (Wildman–Crippen MR) is 114 cm³/mol. The van der Waals surface area contributed by atoms with Crippen molar-refractivity contribution in [3.05, 3.63) is 71.8 Å². The van der Waals surface area contributed by atoms with Gasteiger partial charge in [0.2, 0.25) is 0 Å². The Labute approximate surface area is 189 Å². The molecule has 1 aliphatic rings. The van der Waals surface area contributed by atoms with Crippen molar-refractivity contribution < 1.29 is 37.0 Å². The van der Waals surface area contributed by atoms with Gasteiger partial charge in [-0.25, -0.2) is 0 Å². The molecule has 9 heteroatoms. The molecule has 0 heterocycles. The fourth-order valence-corrected chi connectivity index (χ4v) is 3.82. The van der Waals surface area contributed by atoms with E-state index in [-0.39, 0.29) is 18.1 Å². The number of esters is 1. The third-order valence-electron chi connectivity index (χ3n) is 5.21. The Bertz CT molecular complexity index is 1020. The first-order valence-corrected chi connectivity index (χ1v) is 10.4. The largest absolute Gasteiger partial charge is 0.573 e. The van der Waals surface area contributed by atoms with Gasteiger partial charge in [-0.1, -0.05) is 36.4 Å². The second kappa shape index (κ2) is 10.4. The van der Waals surface area contributed by atoms with Crippen LogP contribution < -0.4 is 14.8 Å². The van der Waals surface area contributed by atoms with Crippen LogP contribution in [0.1, 0.15) is 35.2 Å². The topological polar surface area (TPSA) is 73.9 Å². The van der Waals surface area contributed by atoms with Gasteiger partial charge in [0.15, 0.2) is 0 Å². The molecular weight excluding hydrogens is 439 g/mol. The lowest BCUT2D eigenvalue weighted by atomic mass is 9.85. The van der Waals surface area contributed by atoms with Gasteiger partial charge in [0.25, 0.3) is 5.91 Å². The minimum atomic E-state index is -4.92. The lowest BCUT2D eigenvalue weighted by Crippen LogP contribution is -2.34. The standard InChI is InChI=1S/C24H24F3NO5/c1-3-32-23(30)21(15-7-6-8-18(14-15)31-2)16-11-12-17(13-16)28-22(29)19-9-4-5-10-20(19)33-24(25,26)27/h4-12,14,16-17,21H,3,13H2,1-2H3,(H,28,29)/t16-,17-,21+/m0/s1. The lowest BCUT2D eigenvalue weighted by molar-refractivity contribution is -0.274. The summed E-state index contributed by atoms with van der Waals surface area (Å²) in [6.07, 6.45) is -1.01. The van der Waals surface area contributed by atoms with E-state index in [0.29, 0.717) is 17.7 Å². The highest BCUT2D eigenvalue weighted by molar-refractivity contribution is 5.97. The molecule has 0 fully saturated rings. The number of allylic oxidation sites excluding steroid dienone is 1. The molecule has 6 nitrogen and oxygen atoms in total. The number of para-hydroxylation sites is 1. The van der Waals surface area contributed by atoms with Crippen molar-refractivity contribution in [1.29, 1.82) is 0 Å². The maximum Gasteiger partial charge on any atom is 0.573 e. The van der Waals surface area contributed by atoms with Gasteiger partial charge in [-0.2, -0.15) is 0 Å². The number of carbonyl (C=O) groups is 2. The highest BCUT2D eigenvalue weighted by Gasteiger charge is 2.36. The second-order valence-electron chi connectivity index (χ2n) is 7.41. The van der Waals surface area contributed by atoms with E-state index in [1.807, 2.05) is 6.08 Å². The quantitative estimate of drug-likeness (QED) is 0.457. The number of benzene rings is 2. The summed E-state index contributed by atoms with van der Waals surface area (Å²) in [7, 11) is 1.53. The van der Waals surface area contributed by atoms with Crippen LogP contribution in [0.25, 0.3) is 0 Å². The maximum absolute atomic E-state index is 12.8. The van der Waals surface area contributed by atoms with Crippen LogP contribution in [-0.2, 0) is 9.53 Å². The van der Waals surface area contributed by atoms with Gasteiger partial charge in [-0.05, 0) is 49.1 Å². The van der Waals surface area contributed by atoms with Crippen LogP contribution in [0.2, 0.25) is 0 Å². The van der Waals surface area contributed by atoms with Crippen molar-refractivity contribution in [2.24, 2.45) is 5.92 Å². The van der Waals surface area contributed by atoms with E-state index in [2.05, 4.69) is 10.1 Å². The van der Waals surface area contributed by atoms with Crippen molar-refractivity contribution in [3.63, 3.8) is 0 Å². The van der Waals surface area contributed by atoms with Crippen LogP contribution in [0.4, 0.5) is 13.2 Å². The molecule has 0 aliphatic heterocycles. The molecule has 0 saturated carbocycles. The molecule has 0 unspecified atom stereocenters. The number of amides is 1. The van der Waals surface area contributed by atoms with Gasteiger partial charge in [-0.15, -0.1) is 13.2 Å². The maximum atomic E-state index is 12.8. The molecule has 0 aromatic heterocycles. The summed E-state index contributed by atoms with van der Waals surface area (Å²) in [5, 5.41) is 2.70. The zero-order valence-corrected chi connectivity index (χ0v) is 18.1. The Kier molecular flexibility index (Phi) is 7.63. The first-order chi connectivity index (χ1) is 15.7. The number of halogens is 3. The molecule has 1 aliphatic carbocycles. The van der Waals surface area contributed by atoms with Gasteiger partial charge in [0.05, 0.1) is 25.2 Å². The third-order valence-corrected chi connectivity index (χ3v) is 5.21. The fourth-order valence-electron chi connectivity index (χ4n) is 3.82. The Morgan fingerprint density at radius 3 is 2.58 bits per heavy atom. The van der Waals surface area contributed by atoms with E-state index in [1.165, 1.54) is 25.3 Å². The molecule has 0 bridgehead atoms. The molecule has 33 heavy (non-hydrogen) atoms. The zero-order valence-electron chi connectivity index (χ0n) is 18.1. The van der Waals surface area contributed by atoms with Gasteiger partial charge in [0, 0.05) is 6.04 Å². The Balaban J connectivity index is 1.75. The molecule has 3 rings (SSSR count). The number of methoxy groups -OCH3 is 1. The van der Waals surface area contributed by atoms with Crippen molar-refractivity contribution in [2.75, 3.05) is 13.7 Å². The van der Waals surface area contributed by atoms with Crippen LogP contribution in [-0.4, -0.2) is 38.0 Å². The van der Waals surface area contributed by atoms with Gasteiger partial charge in [-0.3, -0.25) is 9.59 Å². The van der Waals surface area contributed by atoms with E-state index in [9.17, 15) is 22.8 Å². The molecule has 1 amide bonds. The van der Waals surface area contributed by atoms with E-state index in [4.69, 9.17) is 9.47 Å². The lowest BCUT2D eigenvalue weighted by Gasteiger charge is -2.23. The van der Waals surface area contributed by atoms with Crippen LogP contribution in [0.5, 0.6) is 11.5 Å². The number of ether oxygens (including phenoxy) is 3. The first kappa shape index (κ1) is 24.2. The average Bonchev–Trinajstić information content (AvgIpc) is 3.21. The number of rotatable bonds is 8. The SMILES string of the molecule is CCOC(=O)[C@H](c1cccc(OC)c1)[C@H]1C=C[C@H](NC(=O)c2ccccc2OC(F)(F)F)C1. The molecule has 176 valence electrons. The monoisotopic (exact) mass is 463 g/mol. The van der Waals surface area contributed by atoms with Crippen molar-refractivity contribution in [3.8, 4) is 11.5 Å². The zero-order chi connectivity index (χ0) is 24.0. The first-order valence-electron chi connectivity index (χ1n) is 10.4. The molecule has 2 aromatic carbocycles. The van der Waals surface area contributed by atoms with Crippen molar-refractivity contribution >= 4 is 11.9 Å². The molecule has 1 N–H and O–H groups in total. The Morgan fingerprint density at radius 2 is 1.88 bits per heavy atom. The van der Waals surface area contributed by atoms with E-state index in [1.54, 1.807) is 37.3 Å². The van der Waals surface area contributed by atoms with Crippen molar-refractivity contribution in [2.45, 2.75) is 31.7 Å². The Hall–Kier alpha value is -3.49. The summed E-state index contributed by atoms with van der Waals surface area (Å²) in [6, 6.07) is 11.7. The number of carbonyl (C=O) groups excluding carboxylic acids is 2. The highest BCUT2D eigenvalue weighted by atomic mass is 19.4. The molecule has 0 saturated heterocycles. The molecular formula is C24H24F3NO5. The van der Waals surface area contributed by atoms with E-state index in [0.717, 1.165) is 6.07 Å². The normalized spacial score (nSPS) is 18.5. The van der Waals surface area contributed by atoms with Crippen LogP contribution in [0.3, 0.4) is 0 Å². The van der Waals surface area contributed by atoms with Gasteiger partial charge < -0.3 is 19.5 Å². The second-order valence-corrected chi connectivity index (χ2v) is 7.41.